The van der Waals surface area contributed by atoms with Crippen LogP contribution in [0.15, 0.2) is 42.5 Å². The molecule has 0 saturated heterocycles. The molecule has 0 aliphatic heterocycles. The third-order valence-electron chi connectivity index (χ3n) is 5.12. The monoisotopic (exact) mass is 262 g/mol. The number of fused-ring (bicyclic) bond motifs is 4. The van der Waals surface area contributed by atoms with Crippen LogP contribution >= 0.6 is 0 Å². The summed E-state index contributed by atoms with van der Waals surface area (Å²) >= 11 is 0. The van der Waals surface area contributed by atoms with Crippen molar-refractivity contribution in [3.63, 3.8) is 0 Å². The second-order valence-electron chi connectivity index (χ2n) is 6.07. The number of hydrogen-bond acceptors (Lipinski definition) is 1. The molecule has 0 bridgehead atoms. The van der Waals surface area contributed by atoms with Crippen molar-refractivity contribution in [3.05, 3.63) is 70.3 Å². The topological polar surface area (TPSA) is 17.1 Å². The molecule has 2 aromatic rings. The molecule has 1 atom stereocenters. The van der Waals surface area contributed by atoms with E-state index in [0.29, 0.717) is 12.2 Å². The molecule has 0 N–H and O–H groups in total. The van der Waals surface area contributed by atoms with Crippen molar-refractivity contribution < 1.29 is 4.79 Å². The Kier molecular flexibility index (Phi) is 2.41. The number of rotatable bonds is 1. The highest BCUT2D eigenvalue weighted by molar-refractivity contribution is 6.03. The zero-order valence-corrected chi connectivity index (χ0v) is 11.8. The van der Waals surface area contributed by atoms with Crippen LogP contribution in [0.3, 0.4) is 0 Å². The third-order valence-corrected chi connectivity index (χ3v) is 5.12. The van der Waals surface area contributed by atoms with Crippen LogP contribution in [0.1, 0.15) is 52.4 Å². The van der Waals surface area contributed by atoms with E-state index in [0.717, 1.165) is 24.8 Å². The summed E-state index contributed by atoms with van der Waals surface area (Å²) < 4.78 is 0. The zero-order valence-electron chi connectivity index (χ0n) is 11.8. The lowest BCUT2D eigenvalue weighted by molar-refractivity contribution is 0.0979. The molecule has 2 aromatic carbocycles. The van der Waals surface area contributed by atoms with Gasteiger partial charge >= 0.3 is 0 Å². The quantitative estimate of drug-likeness (QED) is 0.757. The highest BCUT2D eigenvalue weighted by Gasteiger charge is 2.47. The number of Topliss-reactive ketones (excluding diaryl/α,β-unsaturated/α-hetero) is 1. The molecular formula is C19H18O. The van der Waals surface area contributed by atoms with E-state index < -0.39 is 0 Å². The van der Waals surface area contributed by atoms with Gasteiger partial charge in [0.2, 0.25) is 0 Å². The largest absolute Gasteiger partial charge is 0.294 e. The normalized spacial score (nSPS) is 23.1. The van der Waals surface area contributed by atoms with Crippen molar-refractivity contribution in [2.24, 2.45) is 0 Å². The minimum Gasteiger partial charge on any atom is -0.294 e. The number of carbonyl (C=O) groups is 1. The lowest BCUT2D eigenvalue weighted by Gasteiger charge is -2.25. The number of hydrogen-bond donors (Lipinski definition) is 0. The highest BCUT2D eigenvalue weighted by atomic mass is 16.1. The van der Waals surface area contributed by atoms with Crippen LogP contribution in [0.2, 0.25) is 0 Å². The molecule has 0 aromatic heterocycles. The molecular weight excluding hydrogens is 244 g/mol. The minimum absolute atomic E-state index is 0.0325. The summed E-state index contributed by atoms with van der Waals surface area (Å²) in [5.74, 6) is 0.326. The fourth-order valence-electron chi connectivity index (χ4n) is 4.08. The maximum atomic E-state index is 12.5. The van der Waals surface area contributed by atoms with Crippen LogP contribution in [0.5, 0.6) is 0 Å². The van der Waals surface area contributed by atoms with Gasteiger partial charge in [-0.1, -0.05) is 43.3 Å². The predicted molar refractivity (Wildman–Crippen MR) is 80.3 cm³/mol. The van der Waals surface area contributed by atoms with Gasteiger partial charge in [-0.2, -0.15) is 0 Å². The summed E-state index contributed by atoms with van der Waals surface area (Å²) in [6, 6.07) is 15.2. The number of carbonyl (C=O) groups excluding carboxylic acids is 1. The molecule has 0 amide bonds. The second-order valence-corrected chi connectivity index (χ2v) is 6.07. The first-order chi connectivity index (χ1) is 9.74. The first kappa shape index (κ1) is 11.9. The number of benzene rings is 2. The van der Waals surface area contributed by atoms with Crippen LogP contribution in [0.25, 0.3) is 0 Å². The fraction of sp³-hybridized carbons (Fsp3) is 0.316. The Balaban J connectivity index is 1.95. The second kappa shape index (κ2) is 4.05. The standard InChI is InChI=1S/C19H18O/c1-2-13-7-8-17-15(11-13)18(20)12-19(17)10-9-14-5-3-4-6-16(14)19/h3-8,11H,2,9-10,12H2,1H3. The molecule has 0 fully saturated rings. The van der Waals surface area contributed by atoms with Gasteiger partial charge in [-0.05, 0) is 47.6 Å². The molecule has 2 aliphatic rings. The molecule has 1 nitrogen and oxygen atoms in total. The van der Waals surface area contributed by atoms with Gasteiger partial charge in [-0.15, -0.1) is 0 Å². The fourth-order valence-corrected chi connectivity index (χ4v) is 4.08. The summed E-state index contributed by atoms with van der Waals surface area (Å²) in [5.41, 5.74) is 6.28. The molecule has 1 unspecified atom stereocenters. The Bertz CT molecular complexity index is 713. The van der Waals surface area contributed by atoms with Crippen LogP contribution in [0.4, 0.5) is 0 Å². The Morgan fingerprint density at radius 1 is 1.10 bits per heavy atom. The third kappa shape index (κ3) is 1.41. The molecule has 100 valence electrons. The van der Waals surface area contributed by atoms with Crippen LogP contribution in [0, 0.1) is 0 Å². The lowest BCUT2D eigenvalue weighted by Crippen LogP contribution is -2.21. The SMILES string of the molecule is CCc1ccc2c(c1)C(=O)CC21CCc2ccccc21. The molecule has 20 heavy (non-hydrogen) atoms. The van der Waals surface area contributed by atoms with Crippen molar-refractivity contribution in [2.75, 3.05) is 0 Å². The Hall–Kier alpha value is -1.89. The minimum atomic E-state index is -0.0325. The van der Waals surface area contributed by atoms with Crippen molar-refractivity contribution in [1.29, 1.82) is 0 Å². The Morgan fingerprint density at radius 3 is 2.80 bits per heavy atom. The van der Waals surface area contributed by atoms with Gasteiger partial charge < -0.3 is 0 Å². The molecule has 0 saturated carbocycles. The number of ketones is 1. The average Bonchev–Trinajstić information content (AvgIpc) is 3.00. The summed E-state index contributed by atoms with van der Waals surface area (Å²) in [4.78, 5) is 12.5. The molecule has 1 heteroatoms. The molecule has 4 rings (SSSR count). The van der Waals surface area contributed by atoms with E-state index in [4.69, 9.17) is 0 Å². The highest BCUT2D eigenvalue weighted by Crippen LogP contribution is 2.52. The summed E-state index contributed by atoms with van der Waals surface area (Å²) in [5, 5.41) is 0. The van der Waals surface area contributed by atoms with E-state index in [1.165, 1.54) is 22.3 Å². The van der Waals surface area contributed by atoms with Crippen molar-refractivity contribution >= 4 is 5.78 Å². The van der Waals surface area contributed by atoms with E-state index in [9.17, 15) is 4.79 Å². The van der Waals surface area contributed by atoms with E-state index in [-0.39, 0.29) is 5.41 Å². The first-order valence-electron chi connectivity index (χ1n) is 7.49. The summed E-state index contributed by atoms with van der Waals surface area (Å²) in [6.07, 6.45) is 3.83. The zero-order chi connectivity index (χ0) is 13.7. The molecule has 1 spiro atoms. The lowest BCUT2D eigenvalue weighted by atomic mass is 9.76. The van der Waals surface area contributed by atoms with E-state index in [1.807, 2.05) is 0 Å². The van der Waals surface area contributed by atoms with Crippen LogP contribution < -0.4 is 0 Å². The maximum Gasteiger partial charge on any atom is 0.164 e. The van der Waals surface area contributed by atoms with Gasteiger partial charge in [0.05, 0.1) is 0 Å². The smallest absolute Gasteiger partial charge is 0.164 e. The number of aryl methyl sites for hydroxylation is 2. The van der Waals surface area contributed by atoms with Gasteiger partial charge in [0.15, 0.2) is 5.78 Å². The van der Waals surface area contributed by atoms with Gasteiger partial charge in [-0.25, -0.2) is 0 Å². The van der Waals surface area contributed by atoms with Crippen molar-refractivity contribution in [3.8, 4) is 0 Å². The molecule has 0 heterocycles. The van der Waals surface area contributed by atoms with E-state index in [1.54, 1.807) is 0 Å². The Morgan fingerprint density at radius 2 is 1.95 bits per heavy atom. The first-order valence-corrected chi connectivity index (χ1v) is 7.49. The van der Waals surface area contributed by atoms with Gasteiger partial charge in [0.25, 0.3) is 0 Å². The summed E-state index contributed by atoms with van der Waals surface area (Å²) in [6.45, 7) is 2.14. The van der Waals surface area contributed by atoms with Crippen molar-refractivity contribution in [1.82, 2.24) is 0 Å². The summed E-state index contributed by atoms with van der Waals surface area (Å²) in [7, 11) is 0. The predicted octanol–water partition coefficient (Wildman–Crippen LogP) is 4.07. The van der Waals surface area contributed by atoms with Crippen LogP contribution in [-0.4, -0.2) is 5.78 Å². The van der Waals surface area contributed by atoms with E-state index >= 15 is 0 Å². The van der Waals surface area contributed by atoms with Crippen molar-refractivity contribution in [2.45, 2.75) is 38.0 Å². The molecule has 2 aliphatic carbocycles. The average molecular weight is 262 g/mol. The molecule has 0 radical (unpaired) electrons. The van der Waals surface area contributed by atoms with Gasteiger partial charge in [-0.3, -0.25) is 4.79 Å². The van der Waals surface area contributed by atoms with E-state index in [2.05, 4.69) is 49.4 Å². The Labute approximate surface area is 119 Å². The van der Waals surface area contributed by atoms with Gasteiger partial charge in [0, 0.05) is 17.4 Å². The van der Waals surface area contributed by atoms with Crippen LogP contribution in [-0.2, 0) is 18.3 Å². The maximum absolute atomic E-state index is 12.5. The van der Waals surface area contributed by atoms with Gasteiger partial charge in [0.1, 0.15) is 0 Å².